The number of hydrogen-bond acceptors (Lipinski definition) is 5. The van der Waals surface area contributed by atoms with Crippen molar-refractivity contribution in [2.75, 3.05) is 0 Å². The molecule has 0 radical (unpaired) electrons. The summed E-state index contributed by atoms with van der Waals surface area (Å²) in [5.74, 6) is 0. The first-order valence-electron chi connectivity index (χ1n) is 8.25. The number of thioether (sulfide) groups is 1. The third-order valence-corrected chi connectivity index (χ3v) is 5.18. The monoisotopic (exact) mass is 387 g/mol. The van der Waals surface area contributed by atoms with E-state index in [4.69, 9.17) is 11.6 Å². The number of benzene rings is 1. The van der Waals surface area contributed by atoms with E-state index in [0.29, 0.717) is 22.9 Å². The van der Waals surface area contributed by atoms with E-state index in [2.05, 4.69) is 9.97 Å². The van der Waals surface area contributed by atoms with E-state index in [0.717, 1.165) is 16.6 Å². The van der Waals surface area contributed by atoms with Crippen LogP contribution in [0.15, 0.2) is 41.2 Å². The van der Waals surface area contributed by atoms with Crippen LogP contribution >= 0.6 is 23.4 Å². The highest BCUT2D eigenvalue weighted by Crippen LogP contribution is 2.31. The van der Waals surface area contributed by atoms with E-state index in [1.165, 1.54) is 23.3 Å². The van der Waals surface area contributed by atoms with Gasteiger partial charge in [-0.15, -0.1) is 0 Å². The first kappa shape index (κ1) is 18.6. The van der Waals surface area contributed by atoms with Crippen LogP contribution in [0.25, 0.3) is 22.3 Å². The van der Waals surface area contributed by atoms with Gasteiger partial charge in [-0.2, -0.15) is 4.98 Å². The predicted molar refractivity (Wildman–Crippen MR) is 107 cm³/mol. The third kappa shape index (κ3) is 3.66. The number of fused-ring (bicyclic) bond motifs is 1. The highest BCUT2D eigenvalue weighted by molar-refractivity contribution is 8.13. The molecular formula is C19H18ClN3O2S. The summed E-state index contributed by atoms with van der Waals surface area (Å²) in [6, 6.07) is 11.0. The van der Waals surface area contributed by atoms with Crippen LogP contribution in [-0.4, -0.2) is 19.7 Å². The van der Waals surface area contributed by atoms with Gasteiger partial charge in [-0.1, -0.05) is 35.5 Å². The Balaban J connectivity index is 2.26. The van der Waals surface area contributed by atoms with Gasteiger partial charge in [0.2, 0.25) is 0 Å². The Labute approximate surface area is 160 Å². The standard InChI is InChI=1S/C19H18ClN3O2S/c1-4-23-18-15(8-9-16(21-18)11(2)26-12(3)24)17(22-19(23)25)13-6-5-7-14(20)10-13/h5-11H,4H2,1-3H3. The highest BCUT2D eigenvalue weighted by Gasteiger charge is 2.16. The molecule has 134 valence electrons. The summed E-state index contributed by atoms with van der Waals surface area (Å²) in [5.41, 5.74) is 2.29. The van der Waals surface area contributed by atoms with Crippen molar-refractivity contribution < 1.29 is 4.79 Å². The summed E-state index contributed by atoms with van der Waals surface area (Å²) in [5, 5.41) is 1.28. The van der Waals surface area contributed by atoms with Crippen LogP contribution in [0.2, 0.25) is 5.02 Å². The second-order valence-corrected chi connectivity index (χ2v) is 7.81. The van der Waals surface area contributed by atoms with E-state index in [1.807, 2.05) is 38.1 Å². The molecule has 0 bridgehead atoms. The van der Waals surface area contributed by atoms with Crippen molar-refractivity contribution in [2.24, 2.45) is 0 Å². The molecule has 3 aromatic rings. The van der Waals surface area contributed by atoms with E-state index < -0.39 is 0 Å². The van der Waals surface area contributed by atoms with Gasteiger partial charge in [0.15, 0.2) is 5.12 Å². The molecule has 0 amide bonds. The number of aryl methyl sites for hydroxylation is 1. The number of carbonyl (C=O) groups excluding carboxylic acids is 1. The molecule has 0 saturated heterocycles. The fourth-order valence-electron chi connectivity index (χ4n) is 2.84. The molecule has 1 unspecified atom stereocenters. The Morgan fingerprint density at radius 1 is 1.27 bits per heavy atom. The van der Waals surface area contributed by atoms with Gasteiger partial charge >= 0.3 is 5.69 Å². The van der Waals surface area contributed by atoms with E-state index in [-0.39, 0.29) is 16.1 Å². The summed E-state index contributed by atoms with van der Waals surface area (Å²) in [7, 11) is 0. The molecular weight excluding hydrogens is 370 g/mol. The van der Waals surface area contributed by atoms with Gasteiger partial charge in [-0.25, -0.2) is 9.78 Å². The minimum atomic E-state index is -0.355. The number of carbonyl (C=O) groups is 1. The van der Waals surface area contributed by atoms with Gasteiger partial charge in [0.1, 0.15) is 5.65 Å². The summed E-state index contributed by atoms with van der Waals surface area (Å²) < 4.78 is 1.54. The largest absolute Gasteiger partial charge is 0.349 e. The fourth-order valence-corrected chi connectivity index (χ4v) is 3.78. The molecule has 2 heterocycles. The van der Waals surface area contributed by atoms with Crippen molar-refractivity contribution in [1.82, 2.24) is 14.5 Å². The molecule has 26 heavy (non-hydrogen) atoms. The van der Waals surface area contributed by atoms with Crippen molar-refractivity contribution in [2.45, 2.75) is 32.6 Å². The van der Waals surface area contributed by atoms with Crippen LogP contribution in [0.1, 0.15) is 31.7 Å². The molecule has 0 saturated carbocycles. The SMILES string of the molecule is CCn1c(=O)nc(-c2cccc(Cl)c2)c2ccc(C(C)SC(C)=O)nc21. The number of halogens is 1. The molecule has 1 atom stereocenters. The molecule has 0 fully saturated rings. The lowest BCUT2D eigenvalue weighted by Gasteiger charge is -2.14. The van der Waals surface area contributed by atoms with Gasteiger partial charge < -0.3 is 0 Å². The molecule has 0 aliphatic heterocycles. The van der Waals surface area contributed by atoms with Crippen LogP contribution in [0.5, 0.6) is 0 Å². The lowest BCUT2D eigenvalue weighted by molar-refractivity contribution is -0.109. The Kier molecular flexibility index (Phi) is 5.44. The molecule has 0 spiro atoms. The normalized spacial score (nSPS) is 12.3. The lowest BCUT2D eigenvalue weighted by atomic mass is 10.1. The van der Waals surface area contributed by atoms with Crippen LogP contribution < -0.4 is 5.69 Å². The van der Waals surface area contributed by atoms with Gasteiger partial charge in [-0.05, 0) is 38.1 Å². The Hall–Kier alpha value is -2.18. The summed E-state index contributed by atoms with van der Waals surface area (Å²) in [6.45, 7) is 5.80. The molecule has 0 aliphatic carbocycles. The van der Waals surface area contributed by atoms with Crippen LogP contribution in [0, 0.1) is 0 Å². The highest BCUT2D eigenvalue weighted by atomic mass is 35.5. The molecule has 3 rings (SSSR count). The summed E-state index contributed by atoms with van der Waals surface area (Å²) in [6.07, 6.45) is 0. The zero-order valence-electron chi connectivity index (χ0n) is 14.7. The zero-order valence-corrected chi connectivity index (χ0v) is 16.3. The van der Waals surface area contributed by atoms with Gasteiger partial charge in [-0.3, -0.25) is 9.36 Å². The first-order chi connectivity index (χ1) is 12.4. The van der Waals surface area contributed by atoms with Crippen LogP contribution in [0.4, 0.5) is 0 Å². The average Bonchev–Trinajstić information content (AvgIpc) is 2.60. The van der Waals surface area contributed by atoms with Gasteiger partial charge in [0.25, 0.3) is 0 Å². The zero-order chi connectivity index (χ0) is 18.8. The second kappa shape index (κ2) is 7.60. The van der Waals surface area contributed by atoms with E-state index in [1.54, 1.807) is 12.1 Å². The van der Waals surface area contributed by atoms with Crippen LogP contribution in [0.3, 0.4) is 0 Å². The average molecular weight is 388 g/mol. The quantitative estimate of drug-likeness (QED) is 0.660. The molecule has 0 N–H and O–H groups in total. The predicted octanol–water partition coefficient (Wildman–Crippen LogP) is 4.47. The number of nitrogens with zero attached hydrogens (tertiary/aromatic N) is 3. The molecule has 7 heteroatoms. The molecule has 1 aromatic carbocycles. The maximum Gasteiger partial charge on any atom is 0.349 e. The maximum atomic E-state index is 12.5. The Morgan fingerprint density at radius 2 is 2.04 bits per heavy atom. The minimum absolute atomic E-state index is 0.0293. The van der Waals surface area contributed by atoms with Gasteiger partial charge in [0.05, 0.1) is 16.6 Å². The fraction of sp³-hybridized carbons (Fsp3) is 0.263. The van der Waals surface area contributed by atoms with E-state index in [9.17, 15) is 9.59 Å². The van der Waals surface area contributed by atoms with Crippen molar-refractivity contribution >= 4 is 39.5 Å². The van der Waals surface area contributed by atoms with E-state index >= 15 is 0 Å². The lowest BCUT2D eigenvalue weighted by Crippen LogP contribution is -2.24. The topological polar surface area (TPSA) is 64.8 Å². The van der Waals surface area contributed by atoms with Crippen molar-refractivity contribution in [3.63, 3.8) is 0 Å². The smallest absolute Gasteiger partial charge is 0.288 e. The number of pyridine rings is 1. The minimum Gasteiger partial charge on any atom is -0.288 e. The third-order valence-electron chi connectivity index (χ3n) is 4.02. The number of aromatic nitrogens is 3. The maximum absolute atomic E-state index is 12.5. The Morgan fingerprint density at radius 3 is 2.69 bits per heavy atom. The molecule has 2 aromatic heterocycles. The summed E-state index contributed by atoms with van der Waals surface area (Å²) in [4.78, 5) is 32.9. The Bertz CT molecular complexity index is 1050. The molecule has 0 aliphatic rings. The van der Waals surface area contributed by atoms with Crippen molar-refractivity contribution in [3.05, 3.63) is 57.6 Å². The van der Waals surface area contributed by atoms with Crippen molar-refractivity contribution in [3.8, 4) is 11.3 Å². The molecule has 5 nitrogen and oxygen atoms in total. The van der Waals surface area contributed by atoms with Crippen LogP contribution in [-0.2, 0) is 11.3 Å². The summed E-state index contributed by atoms with van der Waals surface area (Å²) >= 11 is 7.31. The second-order valence-electron chi connectivity index (χ2n) is 5.86. The first-order valence-corrected chi connectivity index (χ1v) is 9.51. The number of hydrogen-bond donors (Lipinski definition) is 0. The van der Waals surface area contributed by atoms with Gasteiger partial charge in [0, 0.05) is 29.4 Å². The van der Waals surface area contributed by atoms with Crippen molar-refractivity contribution in [1.29, 1.82) is 0 Å². The number of rotatable bonds is 4.